The maximum Gasteiger partial charge on any atom is 0.124 e. The van der Waals surface area contributed by atoms with Crippen LogP contribution in [0.1, 0.15) is 6.92 Å². The monoisotopic (exact) mass is 162 g/mol. The SMILES string of the molecule is CC1=C(SF)N(C)CN1C. The van der Waals surface area contributed by atoms with Crippen LogP contribution in [0.25, 0.3) is 0 Å². The smallest absolute Gasteiger partial charge is 0.124 e. The average molecular weight is 162 g/mol. The quantitative estimate of drug-likeness (QED) is 0.578. The first kappa shape index (κ1) is 7.72. The Morgan fingerprint density at radius 1 is 1.40 bits per heavy atom. The van der Waals surface area contributed by atoms with Crippen molar-refractivity contribution in [3.8, 4) is 0 Å². The van der Waals surface area contributed by atoms with Crippen molar-refractivity contribution in [1.29, 1.82) is 0 Å². The van der Waals surface area contributed by atoms with Crippen molar-refractivity contribution in [2.45, 2.75) is 6.92 Å². The van der Waals surface area contributed by atoms with E-state index in [9.17, 15) is 3.89 Å². The summed E-state index contributed by atoms with van der Waals surface area (Å²) in [7, 11) is 3.84. The fourth-order valence-corrected chi connectivity index (χ4v) is 1.49. The summed E-state index contributed by atoms with van der Waals surface area (Å²) in [6.45, 7) is 2.71. The van der Waals surface area contributed by atoms with E-state index in [1.54, 1.807) is 0 Å². The van der Waals surface area contributed by atoms with Crippen LogP contribution in [-0.4, -0.2) is 30.6 Å². The number of hydrogen-bond donors (Lipinski definition) is 0. The maximum atomic E-state index is 12.2. The third kappa shape index (κ3) is 1.08. The minimum atomic E-state index is 0.316. The highest BCUT2D eigenvalue weighted by atomic mass is 32.2. The van der Waals surface area contributed by atoms with E-state index < -0.39 is 0 Å². The van der Waals surface area contributed by atoms with E-state index >= 15 is 0 Å². The molecule has 0 amide bonds. The zero-order valence-electron chi connectivity index (χ0n) is 6.39. The van der Waals surface area contributed by atoms with Crippen molar-refractivity contribution in [3.63, 3.8) is 0 Å². The molecule has 0 aromatic heterocycles. The standard InChI is InChI=1S/C6H11FN2S/c1-5-6(10-7)9(3)4-8(5)2/h4H2,1-3H3. The van der Waals surface area contributed by atoms with Crippen LogP contribution in [-0.2, 0) is 0 Å². The number of allylic oxidation sites excluding steroid dienone is 1. The van der Waals surface area contributed by atoms with Gasteiger partial charge in [0.05, 0.1) is 6.67 Å². The first-order valence-corrected chi connectivity index (χ1v) is 3.80. The molecule has 0 spiro atoms. The van der Waals surface area contributed by atoms with Crippen molar-refractivity contribution in [2.24, 2.45) is 0 Å². The Labute approximate surface area is 65.0 Å². The topological polar surface area (TPSA) is 6.48 Å². The summed E-state index contributed by atoms with van der Waals surface area (Å²) in [6, 6.07) is 0. The van der Waals surface area contributed by atoms with Gasteiger partial charge in [-0.3, -0.25) is 0 Å². The highest BCUT2D eigenvalue weighted by molar-refractivity contribution is 7.98. The predicted molar refractivity (Wildman–Crippen MR) is 41.8 cm³/mol. The zero-order chi connectivity index (χ0) is 7.72. The lowest BCUT2D eigenvalue weighted by atomic mass is 10.5. The van der Waals surface area contributed by atoms with Crippen LogP contribution in [0.15, 0.2) is 10.7 Å². The van der Waals surface area contributed by atoms with Crippen LogP contribution in [0.4, 0.5) is 3.89 Å². The van der Waals surface area contributed by atoms with Gasteiger partial charge < -0.3 is 9.80 Å². The van der Waals surface area contributed by atoms with Crippen molar-refractivity contribution in [3.05, 3.63) is 10.7 Å². The Morgan fingerprint density at radius 3 is 2.20 bits per heavy atom. The molecule has 1 rings (SSSR count). The molecule has 0 radical (unpaired) electrons. The van der Waals surface area contributed by atoms with Crippen LogP contribution in [0.3, 0.4) is 0 Å². The lowest BCUT2D eigenvalue weighted by Gasteiger charge is -2.13. The summed E-state index contributed by atoms with van der Waals surface area (Å²) < 4.78 is 12.2. The fourth-order valence-electron chi connectivity index (χ4n) is 1.04. The Bertz CT molecular complexity index is 169. The second kappa shape index (κ2) is 2.70. The molecule has 0 unspecified atom stereocenters. The fraction of sp³-hybridized carbons (Fsp3) is 0.667. The molecule has 0 fully saturated rings. The van der Waals surface area contributed by atoms with Gasteiger partial charge in [-0.1, -0.05) is 0 Å². The maximum absolute atomic E-state index is 12.2. The molecule has 2 nitrogen and oxygen atoms in total. The van der Waals surface area contributed by atoms with Gasteiger partial charge in [-0.2, -0.15) is 3.89 Å². The van der Waals surface area contributed by atoms with Gasteiger partial charge >= 0.3 is 0 Å². The van der Waals surface area contributed by atoms with E-state index in [0.717, 1.165) is 17.4 Å². The Hall–Kier alpha value is -0.380. The van der Waals surface area contributed by atoms with Gasteiger partial charge in [-0.15, -0.1) is 0 Å². The van der Waals surface area contributed by atoms with Crippen LogP contribution >= 0.6 is 12.1 Å². The van der Waals surface area contributed by atoms with Crippen molar-refractivity contribution in [1.82, 2.24) is 9.80 Å². The highest BCUT2D eigenvalue weighted by Gasteiger charge is 2.20. The molecule has 0 bridgehead atoms. The van der Waals surface area contributed by atoms with Crippen LogP contribution < -0.4 is 0 Å². The van der Waals surface area contributed by atoms with Crippen LogP contribution in [0, 0.1) is 0 Å². The molecule has 10 heavy (non-hydrogen) atoms. The minimum absolute atomic E-state index is 0.316. The van der Waals surface area contributed by atoms with Gasteiger partial charge in [-0.05, 0) is 6.92 Å². The van der Waals surface area contributed by atoms with E-state index in [2.05, 4.69) is 0 Å². The lowest BCUT2D eigenvalue weighted by Crippen LogP contribution is -2.20. The molecule has 58 valence electrons. The van der Waals surface area contributed by atoms with E-state index in [4.69, 9.17) is 0 Å². The first-order chi connectivity index (χ1) is 4.66. The van der Waals surface area contributed by atoms with Crippen molar-refractivity contribution >= 4 is 12.1 Å². The minimum Gasteiger partial charge on any atom is -0.358 e. The van der Waals surface area contributed by atoms with Gasteiger partial charge in [0.15, 0.2) is 0 Å². The molecule has 0 atom stereocenters. The predicted octanol–water partition coefficient (Wildman–Crippen LogP) is 1.63. The summed E-state index contributed by atoms with van der Waals surface area (Å²) in [5, 5.41) is 0.725. The zero-order valence-corrected chi connectivity index (χ0v) is 7.20. The highest BCUT2D eigenvalue weighted by Crippen LogP contribution is 2.29. The third-order valence-electron chi connectivity index (χ3n) is 1.73. The normalized spacial score (nSPS) is 19.2. The van der Waals surface area contributed by atoms with Crippen molar-refractivity contribution in [2.75, 3.05) is 20.8 Å². The molecule has 0 N–H and O–H groups in total. The molecule has 1 aliphatic rings. The molecule has 0 aliphatic carbocycles. The number of halogens is 1. The summed E-state index contributed by atoms with van der Waals surface area (Å²) in [5.41, 5.74) is 1.01. The number of rotatable bonds is 1. The molecule has 4 heteroatoms. The number of hydrogen-bond acceptors (Lipinski definition) is 3. The van der Waals surface area contributed by atoms with E-state index in [0.29, 0.717) is 12.1 Å². The molecule has 0 saturated heterocycles. The number of nitrogens with zero attached hydrogens (tertiary/aromatic N) is 2. The molecular formula is C6H11FN2S. The molecule has 0 saturated carbocycles. The van der Waals surface area contributed by atoms with Crippen LogP contribution in [0.2, 0.25) is 0 Å². The summed E-state index contributed by atoms with van der Waals surface area (Å²) >= 11 is 0.316. The third-order valence-corrected chi connectivity index (χ3v) is 2.48. The van der Waals surface area contributed by atoms with E-state index in [1.807, 2.05) is 30.8 Å². The average Bonchev–Trinajstić information content (AvgIpc) is 2.09. The van der Waals surface area contributed by atoms with Gasteiger partial charge in [-0.25, -0.2) is 0 Å². The van der Waals surface area contributed by atoms with Gasteiger partial charge in [0.2, 0.25) is 0 Å². The molecular weight excluding hydrogens is 151 g/mol. The second-order valence-electron chi connectivity index (χ2n) is 2.51. The lowest BCUT2D eigenvalue weighted by molar-refractivity contribution is 0.325. The van der Waals surface area contributed by atoms with Gasteiger partial charge in [0.25, 0.3) is 0 Å². The Morgan fingerprint density at radius 2 is 2.00 bits per heavy atom. The molecule has 1 heterocycles. The summed E-state index contributed by atoms with van der Waals surface area (Å²) in [6.07, 6.45) is 0. The Kier molecular flexibility index (Phi) is 2.08. The summed E-state index contributed by atoms with van der Waals surface area (Å²) in [4.78, 5) is 3.90. The van der Waals surface area contributed by atoms with E-state index in [1.165, 1.54) is 0 Å². The molecule has 0 aromatic rings. The first-order valence-electron chi connectivity index (χ1n) is 3.08. The van der Waals surface area contributed by atoms with Crippen LogP contribution in [0.5, 0.6) is 0 Å². The summed E-state index contributed by atoms with van der Waals surface area (Å²) in [5.74, 6) is 0. The van der Waals surface area contributed by atoms with E-state index in [-0.39, 0.29) is 0 Å². The Balaban J connectivity index is 2.79. The largest absolute Gasteiger partial charge is 0.358 e. The second-order valence-corrected chi connectivity index (χ2v) is 3.05. The molecule has 1 aliphatic heterocycles. The molecule has 0 aromatic carbocycles. The van der Waals surface area contributed by atoms with Gasteiger partial charge in [0.1, 0.15) is 17.2 Å². The van der Waals surface area contributed by atoms with Gasteiger partial charge in [0, 0.05) is 19.8 Å². The van der Waals surface area contributed by atoms with Crippen molar-refractivity contribution < 1.29 is 3.89 Å².